The number of halogens is 1. The minimum absolute atomic E-state index is 0.168. The Kier molecular flexibility index (Phi) is 3.75. The average molecular weight is 264 g/mol. The zero-order valence-electron chi connectivity index (χ0n) is 11.9. The fraction of sp³-hybridized carbons (Fsp3) is 0.500. The number of nitrogens with two attached hydrogens (primary N) is 1. The second kappa shape index (κ2) is 5.17. The molecule has 2 aromatic rings. The molecule has 0 aliphatic rings. The number of imidazole rings is 1. The molecular formula is C14H21FN4. The fourth-order valence-electron chi connectivity index (χ4n) is 2.40. The summed E-state index contributed by atoms with van der Waals surface area (Å²) in [6.07, 6.45) is 0. The minimum Gasteiger partial charge on any atom is -0.369 e. The van der Waals surface area contributed by atoms with Crippen molar-refractivity contribution < 1.29 is 4.39 Å². The number of anilines is 1. The molecule has 0 fully saturated rings. The van der Waals surface area contributed by atoms with Crippen molar-refractivity contribution in [3.05, 3.63) is 24.0 Å². The van der Waals surface area contributed by atoms with E-state index in [4.69, 9.17) is 5.73 Å². The number of hydrogen-bond donors (Lipinski definition) is 1. The van der Waals surface area contributed by atoms with Gasteiger partial charge in [-0.25, -0.2) is 9.37 Å². The third-order valence-electron chi connectivity index (χ3n) is 3.33. The third-order valence-corrected chi connectivity index (χ3v) is 3.33. The van der Waals surface area contributed by atoms with Gasteiger partial charge < -0.3 is 15.2 Å². The summed E-state index contributed by atoms with van der Waals surface area (Å²) < 4.78 is 15.4. The van der Waals surface area contributed by atoms with Gasteiger partial charge >= 0.3 is 0 Å². The van der Waals surface area contributed by atoms with Gasteiger partial charge in [0.25, 0.3) is 0 Å². The van der Waals surface area contributed by atoms with Gasteiger partial charge in [0, 0.05) is 6.54 Å². The molecule has 1 heterocycles. The maximum Gasteiger partial charge on any atom is 0.201 e. The zero-order chi connectivity index (χ0) is 14.2. The van der Waals surface area contributed by atoms with Gasteiger partial charge in [-0.1, -0.05) is 13.8 Å². The monoisotopic (exact) mass is 264 g/mol. The first-order valence-corrected chi connectivity index (χ1v) is 6.48. The maximum atomic E-state index is 13.5. The van der Waals surface area contributed by atoms with Gasteiger partial charge in [0.1, 0.15) is 5.82 Å². The van der Waals surface area contributed by atoms with Gasteiger partial charge in [-0.05, 0) is 38.2 Å². The van der Waals surface area contributed by atoms with Gasteiger partial charge in [-0.2, -0.15) is 0 Å². The first kappa shape index (κ1) is 13.8. The fourth-order valence-corrected chi connectivity index (χ4v) is 2.40. The second-order valence-corrected chi connectivity index (χ2v) is 5.55. The van der Waals surface area contributed by atoms with Gasteiger partial charge in [0.15, 0.2) is 0 Å². The highest BCUT2D eigenvalue weighted by Gasteiger charge is 2.21. The summed E-state index contributed by atoms with van der Waals surface area (Å²) in [5.41, 5.74) is 7.53. The normalized spacial score (nSPS) is 13.6. The van der Waals surface area contributed by atoms with Crippen LogP contribution in [-0.4, -0.2) is 35.1 Å². The molecule has 0 radical (unpaired) electrons. The van der Waals surface area contributed by atoms with Crippen molar-refractivity contribution in [2.45, 2.75) is 19.9 Å². The Morgan fingerprint density at radius 3 is 2.63 bits per heavy atom. The molecule has 2 N–H and O–H groups in total. The van der Waals surface area contributed by atoms with E-state index in [1.807, 2.05) is 18.7 Å². The van der Waals surface area contributed by atoms with Gasteiger partial charge in [-0.3, -0.25) is 0 Å². The van der Waals surface area contributed by atoms with E-state index in [1.165, 1.54) is 12.1 Å². The lowest BCUT2D eigenvalue weighted by Crippen LogP contribution is -2.28. The van der Waals surface area contributed by atoms with E-state index in [1.54, 1.807) is 6.07 Å². The summed E-state index contributed by atoms with van der Waals surface area (Å²) in [5.74, 6) is 0.563. The number of likely N-dealkylation sites (N-methyl/N-ethyl adjacent to an activating group) is 1. The third kappa shape index (κ3) is 2.71. The molecule has 0 aliphatic carbocycles. The minimum atomic E-state index is -0.263. The Hall–Kier alpha value is -1.62. The summed E-state index contributed by atoms with van der Waals surface area (Å²) in [5, 5.41) is 0. The van der Waals surface area contributed by atoms with Crippen LogP contribution in [0.15, 0.2) is 18.2 Å². The number of hydrogen-bond acceptors (Lipinski definition) is 3. The molecule has 104 valence electrons. The van der Waals surface area contributed by atoms with Crippen LogP contribution in [-0.2, 0) is 0 Å². The Bertz CT molecular complexity index is 574. The first-order valence-electron chi connectivity index (χ1n) is 6.48. The molecule has 0 saturated carbocycles. The Labute approximate surface area is 113 Å². The van der Waals surface area contributed by atoms with E-state index in [0.717, 1.165) is 17.6 Å². The molecule has 5 heteroatoms. The van der Waals surface area contributed by atoms with Crippen molar-refractivity contribution in [2.75, 3.05) is 26.4 Å². The predicted octanol–water partition coefficient (Wildman–Crippen LogP) is 2.52. The molecule has 4 nitrogen and oxygen atoms in total. The van der Waals surface area contributed by atoms with Gasteiger partial charge in [0.05, 0.1) is 17.1 Å². The molecule has 19 heavy (non-hydrogen) atoms. The second-order valence-electron chi connectivity index (χ2n) is 5.55. The highest BCUT2D eigenvalue weighted by molar-refractivity contribution is 5.78. The molecule has 0 bridgehead atoms. The maximum absolute atomic E-state index is 13.5. The lowest BCUT2D eigenvalue weighted by molar-refractivity contribution is 0.275. The van der Waals surface area contributed by atoms with Crippen molar-refractivity contribution >= 4 is 17.0 Å². The molecular weight excluding hydrogens is 243 g/mol. The molecule has 0 saturated heterocycles. The SMILES string of the molecule is CC(C)C(CN(C)C)n1c(N)nc2ccc(F)cc21. The van der Waals surface area contributed by atoms with Crippen LogP contribution in [0, 0.1) is 11.7 Å². The van der Waals surface area contributed by atoms with E-state index < -0.39 is 0 Å². The van der Waals surface area contributed by atoms with Crippen molar-refractivity contribution in [1.29, 1.82) is 0 Å². The smallest absolute Gasteiger partial charge is 0.201 e. The van der Waals surface area contributed by atoms with Crippen LogP contribution in [0.2, 0.25) is 0 Å². The van der Waals surface area contributed by atoms with E-state index in [9.17, 15) is 4.39 Å². The van der Waals surface area contributed by atoms with E-state index >= 15 is 0 Å². The van der Waals surface area contributed by atoms with Crippen LogP contribution in [0.25, 0.3) is 11.0 Å². The standard InChI is InChI=1S/C14H21FN4/c1-9(2)13(8-18(3)4)19-12-7-10(15)5-6-11(12)17-14(19)16/h5-7,9,13H,8H2,1-4H3,(H2,16,17). The number of nitrogen functional groups attached to an aromatic ring is 1. The predicted molar refractivity (Wildman–Crippen MR) is 76.5 cm³/mol. The molecule has 2 rings (SSSR count). The molecule has 1 unspecified atom stereocenters. The molecule has 0 aliphatic heterocycles. The van der Waals surface area contributed by atoms with Crippen molar-refractivity contribution in [3.8, 4) is 0 Å². The molecule has 1 atom stereocenters. The van der Waals surface area contributed by atoms with Crippen LogP contribution in [0.1, 0.15) is 19.9 Å². The first-order chi connectivity index (χ1) is 8.90. The van der Waals surface area contributed by atoms with E-state index in [0.29, 0.717) is 11.9 Å². The summed E-state index contributed by atoms with van der Waals surface area (Å²) in [6, 6.07) is 4.76. The van der Waals surface area contributed by atoms with Crippen LogP contribution in [0.5, 0.6) is 0 Å². The van der Waals surface area contributed by atoms with E-state index in [-0.39, 0.29) is 11.9 Å². The number of benzene rings is 1. The number of nitrogens with zero attached hydrogens (tertiary/aromatic N) is 3. The van der Waals surface area contributed by atoms with Gasteiger partial charge in [0.2, 0.25) is 5.95 Å². The summed E-state index contributed by atoms with van der Waals surface area (Å²) in [4.78, 5) is 6.43. The van der Waals surface area contributed by atoms with Crippen molar-refractivity contribution in [2.24, 2.45) is 5.92 Å². The number of rotatable bonds is 4. The van der Waals surface area contributed by atoms with Crippen LogP contribution < -0.4 is 5.73 Å². The topological polar surface area (TPSA) is 47.1 Å². The van der Waals surface area contributed by atoms with Gasteiger partial charge in [-0.15, -0.1) is 0 Å². The van der Waals surface area contributed by atoms with Crippen LogP contribution in [0.4, 0.5) is 10.3 Å². The largest absolute Gasteiger partial charge is 0.369 e. The lowest BCUT2D eigenvalue weighted by atomic mass is 10.0. The highest BCUT2D eigenvalue weighted by Crippen LogP contribution is 2.28. The Morgan fingerprint density at radius 2 is 2.05 bits per heavy atom. The zero-order valence-corrected chi connectivity index (χ0v) is 11.9. The molecule has 0 amide bonds. The number of aromatic nitrogens is 2. The Morgan fingerprint density at radius 1 is 1.37 bits per heavy atom. The molecule has 1 aromatic heterocycles. The van der Waals surface area contributed by atoms with E-state index in [2.05, 4.69) is 23.7 Å². The molecule has 1 aromatic carbocycles. The Balaban J connectivity index is 2.57. The highest BCUT2D eigenvalue weighted by atomic mass is 19.1. The van der Waals surface area contributed by atoms with Crippen LogP contribution in [0.3, 0.4) is 0 Å². The molecule has 0 spiro atoms. The van der Waals surface area contributed by atoms with Crippen molar-refractivity contribution in [1.82, 2.24) is 14.5 Å². The number of fused-ring (bicyclic) bond motifs is 1. The summed E-state index contributed by atoms with van der Waals surface area (Å²) >= 11 is 0. The van der Waals surface area contributed by atoms with Crippen molar-refractivity contribution in [3.63, 3.8) is 0 Å². The summed E-state index contributed by atoms with van der Waals surface area (Å²) in [7, 11) is 4.04. The quantitative estimate of drug-likeness (QED) is 0.923. The lowest BCUT2D eigenvalue weighted by Gasteiger charge is -2.27. The van der Waals surface area contributed by atoms with Crippen LogP contribution >= 0.6 is 0 Å². The summed E-state index contributed by atoms with van der Waals surface area (Å²) in [6.45, 7) is 5.11. The average Bonchev–Trinajstić information content (AvgIpc) is 2.61.